The van der Waals surface area contributed by atoms with Gasteiger partial charge in [-0.1, -0.05) is 40.2 Å². The molecule has 4 aromatic rings. The fourth-order valence-electron chi connectivity index (χ4n) is 2.94. The van der Waals surface area contributed by atoms with Crippen molar-refractivity contribution in [2.24, 2.45) is 0 Å². The van der Waals surface area contributed by atoms with Crippen LogP contribution in [0.2, 0.25) is 0 Å². The van der Waals surface area contributed by atoms with Gasteiger partial charge >= 0.3 is 0 Å². The fraction of sp³-hybridized carbons (Fsp3) is 0.0435. The van der Waals surface area contributed by atoms with E-state index in [4.69, 9.17) is 9.72 Å². The Balaban J connectivity index is 1.59. The topological polar surface area (TPSA) is 51.2 Å². The number of amides is 1. The number of benzene rings is 3. The van der Waals surface area contributed by atoms with Crippen molar-refractivity contribution in [3.05, 3.63) is 82.8 Å². The first-order chi connectivity index (χ1) is 14.1. The van der Waals surface area contributed by atoms with Gasteiger partial charge in [0.25, 0.3) is 0 Å². The first kappa shape index (κ1) is 19.4. The van der Waals surface area contributed by atoms with E-state index in [-0.39, 0.29) is 5.91 Å². The number of methoxy groups -OCH3 is 1. The molecule has 0 atom stereocenters. The molecule has 1 amide bonds. The van der Waals surface area contributed by atoms with Crippen molar-refractivity contribution < 1.29 is 9.53 Å². The molecule has 0 aliphatic carbocycles. The first-order valence-electron chi connectivity index (χ1n) is 8.91. The van der Waals surface area contributed by atoms with E-state index in [1.807, 2.05) is 66.7 Å². The highest BCUT2D eigenvalue weighted by molar-refractivity contribution is 9.10. The lowest BCUT2D eigenvalue weighted by molar-refractivity contribution is -0.111. The Labute approximate surface area is 181 Å². The van der Waals surface area contributed by atoms with Gasteiger partial charge in [-0.15, -0.1) is 11.3 Å². The third-order valence-electron chi connectivity index (χ3n) is 4.32. The number of hydrogen-bond acceptors (Lipinski definition) is 4. The van der Waals surface area contributed by atoms with Crippen molar-refractivity contribution in [2.75, 3.05) is 12.4 Å². The molecule has 0 saturated heterocycles. The summed E-state index contributed by atoms with van der Waals surface area (Å²) in [6.45, 7) is 0. The van der Waals surface area contributed by atoms with Gasteiger partial charge in [0, 0.05) is 21.7 Å². The highest BCUT2D eigenvalue weighted by Crippen LogP contribution is 2.34. The van der Waals surface area contributed by atoms with Gasteiger partial charge in [-0.05, 0) is 48.5 Å². The number of fused-ring (bicyclic) bond motifs is 1. The minimum absolute atomic E-state index is 0.222. The van der Waals surface area contributed by atoms with Crippen LogP contribution < -0.4 is 10.1 Å². The Morgan fingerprint density at radius 1 is 1.10 bits per heavy atom. The SMILES string of the molecule is COc1ccc(Br)cc1/C=C/C(=O)Nc1ccccc1-c1nc2ccccc2s1. The van der Waals surface area contributed by atoms with Crippen LogP contribution in [0.3, 0.4) is 0 Å². The standard InChI is InChI=1S/C23H17BrN2O2S/c1-28-20-12-11-16(24)14-15(20)10-13-22(27)25-18-7-3-2-6-17(18)23-26-19-8-4-5-9-21(19)29-23/h2-14H,1H3,(H,25,27)/b13-10+. The Morgan fingerprint density at radius 3 is 2.72 bits per heavy atom. The lowest BCUT2D eigenvalue weighted by Gasteiger charge is -2.08. The number of ether oxygens (including phenoxy) is 1. The van der Waals surface area contributed by atoms with E-state index in [0.29, 0.717) is 5.75 Å². The summed E-state index contributed by atoms with van der Waals surface area (Å²) >= 11 is 5.05. The molecule has 3 aromatic carbocycles. The quantitative estimate of drug-likeness (QED) is 0.348. The largest absolute Gasteiger partial charge is 0.496 e. The molecular formula is C23H17BrN2O2S. The van der Waals surface area contributed by atoms with E-state index in [1.165, 1.54) is 6.08 Å². The number of halogens is 1. The highest BCUT2D eigenvalue weighted by atomic mass is 79.9. The molecular weight excluding hydrogens is 448 g/mol. The number of aromatic nitrogens is 1. The summed E-state index contributed by atoms with van der Waals surface area (Å²) in [5, 5.41) is 3.84. The molecule has 0 unspecified atom stereocenters. The van der Waals surface area contributed by atoms with Gasteiger partial charge in [0.05, 0.1) is 23.0 Å². The second-order valence-electron chi connectivity index (χ2n) is 6.24. The maximum atomic E-state index is 12.6. The Bertz CT molecular complexity index is 1180. The number of carbonyl (C=O) groups excluding carboxylic acids is 1. The molecule has 0 saturated carbocycles. The molecule has 4 rings (SSSR count). The van der Waals surface area contributed by atoms with Gasteiger partial charge in [0.1, 0.15) is 10.8 Å². The maximum Gasteiger partial charge on any atom is 0.248 e. The first-order valence-corrected chi connectivity index (χ1v) is 10.5. The Morgan fingerprint density at radius 2 is 1.90 bits per heavy atom. The fourth-order valence-corrected chi connectivity index (χ4v) is 4.33. The second-order valence-corrected chi connectivity index (χ2v) is 8.19. The number of nitrogens with zero attached hydrogens (tertiary/aromatic N) is 1. The molecule has 1 heterocycles. The van der Waals surface area contributed by atoms with Crippen LogP contribution in [0.15, 0.2) is 77.3 Å². The van der Waals surface area contributed by atoms with E-state index in [0.717, 1.165) is 36.5 Å². The van der Waals surface area contributed by atoms with Crippen LogP contribution >= 0.6 is 27.3 Å². The predicted octanol–water partition coefficient (Wildman–Crippen LogP) is 6.39. The Hall–Kier alpha value is -2.96. The molecule has 6 heteroatoms. The van der Waals surface area contributed by atoms with Crippen LogP contribution in [0, 0.1) is 0 Å². The molecule has 0 radical (unpaired) electrons. The van der Waals surface area contributed by atoms with Crippen molar-refractivity contribution in [3.63, 3.8) is 0 Å². The van der Waals surface area contributed by atoms with Gasteiger partial charge in [-0.25, -0.2) is 4.98 Å². The van der Waals surface area contributed by atoms with E-state index in [2.05, 4.69) is 21.2 Å². The zero-order chi connectivity index (χ0) is 20.2. The van der Waals surface area contributed by atoms with E-state index >= 15 is 0 Å². The molecule has 0 spiro atoms. The summed E-state index contributed by atoms with van der Waals surface area (Å²) in [4.78, 5) is 17.3. The number of nitrogens with one attached hydrogen (secondary N) is 1. The van der Waals surface area contributed by atoms with Crippen LogP contribution in [-0.2, 0) is 4.79 Å². The molecule has 144 valence electrons. The third kappa shape index (κ3) is 4.39. The number of anilines is 1. The zero-order valence-electron chi connectivity index (χ0n) is 15.6. The van der Waals surface area contributed by atoms with E-state index < -0.39 is 0 Å². The molecule has 0 fully saturated rings. The van der Waals surface area contributed by atoms with Crippen LogP contribution in [0.4, 0.5) is 5.69 Å². The van der Waals surface area contributed by atoms with Gasteiger partial charge in [0.15, 0.2) is 0 Å². The molecule has 0 aliphatic heterocycles. The predicted molar refractivity (Wildman–Crippen MR) is 123 cm³/mol. The number of hydrogen-bond donors (Lipinski definition) is 1. The molecule has 1 aromatic heterocycles. The van der Waals surface area contributed by atoms with Crippen molar-refractivity contribution >= 4 is 55.2 Å². The molecule has 1 N–H and O–H groups in total. The summed E-state index contributed by atoms with van der Waals surface area (Å²) in [6.07, 6.45) is 3.23. The normalized spacial score (nSPS) is 11.1. The summed E-state index contributed by atoms with van der Waals surface area (Å²) < 4.78 is 7.38. The van der Waals surface area contributed by atoms with E-state index in [9.17, 15) is 4.79 Å². The number of para-hydroxylation sites is 2. The van der Waals surface area contributed by atoms with Gasteiger partial charge in [-0.3, -0.25) is 4.79 Å². The van der Waals surface area contributed by atoms with Crippen LogP contribution in [0.5, 0.6) is 5.75 Å². The average Bonchev–Trinajstić information content (AvgIpc) is 3.17. The van der Waals surface area contributed by atoms with Crippen LogP contribution in [0.1, 0.15) is 5.56 Å². The third-order valence-corrected chi connectivity index (χ3v) is 5.88. The van der Waals surface area contributed by atoms with Crippen LogP contribution in [0.25, 0.3) is 26.9 Å². The summed E-state index contributed by atoms with van der Waals surface area (Å²) in [5.74, 6) is 0.479. The summed E-state index contributed by atoms with van der Waals surface area (Å²) in [7, 11) is 1.61. The van der Waals surface area contributed by atoms with Crippen molar-refractivity contribution in [1.29, 1.82) is 0 Å². The monoisotopic (exact) mass is 464 g/mol. The minimum atomic E-state index is -0.222. The molecule has 0 aliphatic rings. The molecule has 4 nitrogen and oxygen atoms in total. The summed E-state index contributed by atoms with van der Waals surface area (Å²) in [5.41, 5.74) is 3.39. The van der Waals surface area contributed by atoms with Gasteiger partial charge < -0.3 is 10.1 Å². The smallest absolute Gasteiger partial charge is 0.248 e. The second kappa shape index (κ2) is 8.59. The molecule has 0 bridgehead atoms. The van der Waals surface area contributed by atoms with E-state index in [1.54, 1.807) is 24.5 Å². The average molecular weight is 465 g/mol. The minimum Gasteiger partial charge on any atom is -0.496 e. The van der Waals surface area contributed by atoms with Crippen LogP contribution in [-0.4, -0.2) is 18.0 Å². The number of rotatable bonds is 5. The van der Waals surface area contributed by atoms with Crippen molar-refractivity contribution in [2.45, 2.75) is 0 Å². The zero-order valence-corrected chi connectivity index (χ0v) is 18.0. The number of carbonyl (C=O) groups is 1. The van der Waals surface area contributed by atoms with Crippen molar-refractivity contribution in [3.8, 4) is 16.3 Å². The Kier molecular flexibility index (Phi) is 5.74. The lowest BCUT2D eigenvalue weighted by atomic mass is 10.1. The van der Waals surface area contributed by atoms with Crippen molar-refractivity contribution in [1.82, 2.24) is 4.98 Å². The van der Waals surface area contributed by atoms with Gasteiger partial charge in [-0.2, -0.15) is 0 Å². The molecule has 29 heavy (non-hydrogen) atoms. The lowest BCUT2D eigenvalue weighted by Crippen LogP contribution is -2.08. The summed E-state index contributed by atoms with van der Waals surface area (Å²) in [6, 6.07) is 21.3. The number of thiazole rings is 1. The highest BCUT2D eigenvalue weighted by Gasteiger charge is 2.11. The maximum absolute atomic E-state index is 12.6. The van der Waals surface area contributed by atoms with Gasteiger partial charge in [0.2, 0.25) is 5.91 Å².